The zero-order valence-electron chi connectivity index (χ0n) is 17.5. The Morgan fingerprint density at radius 1 is 0.939 bits per heavy atom. The largest absolute Gasteiger partial charge is 0.492 e. The van der Waals surface area contributed by atoms with Crippen molar-refractivity contribution in [2.75, 3.05) is 19.8 Å². The molecule has 0 N–H and O–H groups in total. The number of nitriles is 1. The molecule has 1 spiro atoms. The molecule has 2 aliphatic rings. The summed E-state index contributed by atoms with van der Waals surface area (Å²) in [7, 11) is 0. The van der Waals surface area contributed by atoms with E-state index in [0.29, 0.717) is 39.7 Å². The van der Waals surface area contributed by atoms with Crippen molar-refractivity contribution in [3.63, 3.8) is 0 Å². The van der Waals surface area contributed by atoms with Gasteiger partial charge in [0.1, 0.15) is 29.6 Å². The molecule has 1 atom stereocenters. The molecule has 7 heteroatoms. The van der Waals surface area contributed by atoms with Crippen molar-refractivity contribution in [1.29, 1.82) is 5.26 Å². The van der Waals surface area contributed by atoms with Gasteiger partial charge in [-0.3, -0.25) is 0 Å². The molecule has 0 bridgehead atoms. The second-order valence-electron chi connectivity index (χ2n) is 7.52. The molecule has 0 saturated carbocycles. The van der Waals surface area contributed by atoms with Crippen LogP contribution < -0.4 is 14.2 Å². The van der Waals surface area contributed by atoms with Crippen LogP contribution in [-0.2, 0) is 10.3 Å². The van der Waals surface area contributed by atoms with E-state index in [-0.39, 0.29) is 26.2 Å². The highest BCUT2D eigenvalue weighted by Crippen LogP contribution is 2.57. The van der Waals surface area contributed by atoms with Crippen molar-refractivity contribution in [3.8, 4) is 29.1 Å². The molecule has 3 aromatic carbocycles. The maximum Gasteiger partial charge on any atom is 0.340 e. The highest BCUT2D eigenvalue weighted by atomic mass is 16.6. The van der Waals surface area contributed by atoms with Crippen molar-refractivity contribution >= 4 is 5.97 Å². The van der Waals surface area contributed by atoms with Gasteiger partial charge in [0, 0.05) is 28.8 Å². The number of benzene rings is 3. The number of esters is 1. The molecule has 1 unspecified atom stereocenters. The van der Waals surface area contributed by atoms with E-state index in [9.17, 15) is 4.79 Å². The smallest absolute Gasteiger partial charge is 0.340 e. The Labute approximate surface area is 190 Å². The van der Waals surface area contributed by atoms with Crippen LogP contribution in [0, 0.1) is 17.9 Å². The summed E-state index contributed by atoms with van der Waals surface area (Å²) in [5.41, 5.74) is 1.44. The molecule has 2 heterocycles. The van der Waals surface area contributed by atoms with Gasteiger partial charge in [0.15, 0.2) is 12.2 Å². The lowest BCUT2D eigenvalue weighted by molar-refractivity contribution is 0.0224. The highest BCUT2D eigenvalue weighted by molar-refractivity contribution is 5.97. The van der Waals surface area contributed by atoms with E-state index >= 15 is 0 Å². The van der Waals surface area contributed by atoms with Gasteiger partial charge >= 0.3 is 5.97 Å². The zero-order valence-corrected chi connectivity index (χ0v) is 17.5. The second kappa shape index (κ2) is 8.22. The fourth-order valence-electron chi connectivity index (χ4n) is 4.24. The second-order valence-corrected chi connectivity index (χ2v) is 7.52. The number of carbonyl (C=O) groups excluding carboxylic acids is 1. The Balaban J connectivity index is 1.65. The molecule has 2 aliphatic heterocycles. The Morgan fingerprint density at radius 3 is 2.27 bits per heavy atom. The molecule has 0 fully saturated rings. The predicted molar refractivity (Wildman–Crippen MR) is 117 cm³/mol. The lowest BCUT2D eigenvalue weighted by Crippen LogP contribution is -2.33. The van der Waals surface area contributed by atoms with E-state index in [0.717, 1.165) is 5.56 Å². The van der Waals surface area contributed by atoms with E-state index in [1.54, 1.807) is 36.4 Å². The van der Waals surface area contributed by atoms with Gasteiger partial charge in [-0.1, -0.05) is 18.2 Å². The Hall–Kier alpha value is -4.49. The third kappa shape index (κ3) is 3.31. The summed E-state index contributed by atoms with van der Waals surface area (Å²) < 4.78 is 23.7. The first-order valence-electron chi connectivity index (χ1n) is 10.4. The van der Waals surface area contributed by atoms with Crippen molar-refractivity contribution in [1.82, 2.24) is 0 Å². The normalized spacial score (nSPS) is 17.0. The van der Waals surface area contributed by atoms with Gasteiger partial charge in [-0.15, -0.1) is 0 Å². The van der Waals surface area contributed by atoms with Gasteiger partial charge in [0.2, 0.25) is 6.54 Å². The fourth-order valence-corrected chi connectivity index (χ4v) is 4.24. The molecular weight excluding hydrogens is 420 g/mol. The van der Waals surface area contributed by atoms with Gasteiger partial charge in [0.05, 0.1) is 18.1 Å². The van der Waals surface area contributed by atoms with Crippen molar-refractivity contribution in [3.05, 3.63) is 94.3 Å². The Bertz CT molecular complexity index is 1270. The van der Waals surface area contributed by atoms with Crippen molar-refractivity contribution in [2.45, 2.75) is 12.0 Å². The van der Waals surface area contributed by atoms with Crippen LogP contribution in [0.5, 0.6) is 23.0 Å². The van der Waals surface area contributed by atoms with E-state index in [1.807, 2.05) is 30.3 Å². The first-order valence-corrected chi connectivity index (χ1v) is 10.4. The first-order chi connectivity index (χ1) is 16.2. The van der Waals surface area contributed by atoms with Gasteiger partial charge < -0.3 is 23.8 Å². The summed E-state index contributed by atoms with van der Waals surface area (Å²) in [5.74, 6) is 1.66. The SMILES string of the molecule is [C-]#[N+]CCOc1ccc2c(c1)Oc1cc(OCCC#N)ccc1C21OC(=O)c2ccccc21. The number of nitrogens with zero attached hydrogens (tertiary/aromatic N) is 2. The number of fused-ring (bicyclic) bond motifs is 6. The van der Waals surface area contributed by atoms with Gasteiger partial charge in [-0.05, 0) is 30.3 Å². The third-order valence-corrected chi connectivity index (χ3v) is 5.61. The maximum absolute atomic E-state index is 12.9. The number of ether oxygens (including phenoxy) is 4. The molecule has 0 radical (unpaired) electrons. The molecule has 0 aliphatic carbocycles. The fraction of sp³-hybridized carbons (Fsp3) is 0.192. The molecule has 0 amide bonds. The first kappa shape index (κ1) is 20.4. The molecule has 5 rings (SSSR count). The summed E-state index contributed by atoms with van der Waals surface area (Å²) in [5, 5.41) is 8.77. The van der Waals surface area contributed by atoms with Gasteiger partial charge in [-0.2, -0.15) is 5.26 Å². The quantitative estimate of drug-likeness (QED) is 0.311. The van der Waals surface area contributed by atoms with Crippen molar-refractivity contribution in [2.24, 2.45) is 0 Å². The molecule has 7 nitrogen and oxygen atoms in total. The lowest BCUT2D eigenvalue weighted by Gasteiger charge is -2.36. The van der Waals surface area contributed by atoms with E-state index in [4.69, 9.17) is 30.8 Å². The lowest BCUT2D eigenvalue weighted by atomic mass is 9.77. The van der Waals surface area contributed by atoms with Gasteiger partial charge in [-0.25, -0.2) is 11.4 Å². The van der Waals surface area contributed by atoms with Crippen LogP contribution in [0.2, 0.25) is 0 Å². The number of rotatable bonds is 6. The van der Waals surface area contributed by atoms with E-state index in [2.05, 4.69) is 4.85 Å². The van der Waals surface area contributed by atoms with Crippen LogP contribution in [0.15, 0.2) is 60.7 Å². The average molecular weight is 438 g/mol. The standard InChI is InChI=1S/C26H18N2O5/c1-28-12-14-31-18-8-10-22-24(16-18)32-23-15-17(30-13-4-11-27)7-9-21(23)26(22)20-6-3-2-5-19(20)25(29)33-26/h2-3,5-10,15-16H,4,12-14H2. The minimum atomic E-state index is -1.17. The summed E-state index contributed by atoms with van der Waals surface area (Å²) in [6.07, 6.45) is 0.265. The third-order valence-electron chi connectivity index (χ3n) is 5.61. The maximum atomic E-state index is 12.9. The minimum absolute atomic E-state index is 0.249. The molecular formula is C26H18N2O5. The molecule has 0 aromatic heterocycles. The van der Waals surface area contributed by atoms with Crippen LogP contribution in [-0.4, -0.2) is 25.7 Å². The molecule has 33 heavy (non-hydrogen) atoms. The predicted octanol–water partition coefficient (Wildman–Crippen LogP) is 4.85. The topological polar surface area (TPSA) is 82.1 Å². The van der Waals surface area contributed by atoms with E-state index in [1.165, 1.54) is 0 Å². The Morgan fingerprint density at radius 2 is 1.61 bits per heavy atom. The Kier molecular flexibility index (Phi) is 5.08. The number of hydrogen-bond acceptors (Lipinski definition) is 6. The van der Waals surface area contributed by atoms with Crippen LogP contribution in [0.1, 0.15) is 33.5 Å². The number of carbonyl (C=O) groups is 1. The highest BCUT2D eigenvalue weighted by Gasteiger charge is 2.53. The monoisotopic (exact) mass is 438 g/mol. The van der Waals surface area contributed by atoms with Gasteiger partial charge in [0.25, 0.3) is 0 Å². The average Bonchev–Trinajstić information content (AvgIpc) is 3.12. The van der Waals surface area contributed by atoms with Crippen molar-refractivity contribution < 1.29 is 23.7 Å². The minimum Gasteiger partial charge on any atom is -0.492 e. The van der Waals surface area contributed by atoms with Crippen LogP contribution in [0.3, 0.4) is 0 Å². The van der Waals surface area contributed by atoms with Crippen LogP contribution in [0.4, 0.5) is 0 Å². The zero-order chi connectivity index (χ0) is 22.8. The van der Waals surface area contributed by atoms with Crippen LogP contribution in [0.25, 0.3) is 4.85 Å². The summed E-state index contributed by atoms with van der Waals surface area (Å²) >= 11 is 0. The van der Waals surface area contributed by atoms with E-state index < -0.39 is 11.6 Å². The summed E-state index contributed by atoms with van der Waals surface area (Å²) in [6.45, 7) is 7.69. The summed E-state index contributed by atoms with van der Waals surface area (Å²) in [4.78, 5) is 16.2. The number of hydrogen-bond donors (Lipinski definition) is 0. The molecule has 0 saturated heterocycles. The molecule has 162 valence electrons. The molecule has 3 aromatic rings. The summed E-state index contributed by atoms with van der Waals surface area (Å²) in [6, 6.07) is 20.1. The van der Waals surface area contributed by atoms with Crippen LogP contribution >= 0.6 is 0 Å².